The molecule has 3 aromatic rings. The minimum Gasteiger partial charge on any atom is -0.346 e. The zero-order valence-electron chi connectivity index (χ0n) is 15.3. The van der Waals surface area contributed by atoms with Gasteiger partial charge in [0.15, 0.2) is 0 Å². The molecule has 0 bridgehead atoms. The van der Waals surface area contributed by atoms with Gasteiger partial charge in [-0.15, -0.1) is 10.2 Å². The summed E-state index contributed by atoms with van der Waals surface area (Å²) in [4.78, 5) is 14.9. The summed E-state index contributed by atoms with van der Waals surface area (Å²) >= 11 is 1.55. The number of carbonyl (C=O) groups is 1. The molecule has 7 heteroatoms. The Kier molecular flexibility index (Phi) is 5.20. The first-order valence-corrected chi connectivity index (χ1v) is 10.2. The molecule has 1 amide bonds. The zero-order chi connectivity index (χ0) is 18.6. The number of hydrogen-bond donors (Lipinski definition) is 1. The highest BCUT2D eigenvalue weighted by Crippen LogP contribution is 2.28. The third-order valence-electron chi connectivity index (χ3n) is 4.92. The summed E-state index contributed by atoms with van der Waals surface area (Å²) < 4.78 is 1.95. The standard InChI is InChI=1S/C20H23N5OS/c1-2-15-7-9-17(10-8-15)21-18(26)16-6-5-13-25(14-16)20-23-22-19(27-20)24-11-3-4-12-24/h3-4,7-12,16H,2,5-6,13-14H2,1H3,(H,21,26)/t16-/m0/s1. The topological polar surface area (TPSA) is 63.1 Å². The second kappa shape index (κ2) is 7.92. The minimum absolute atomic E-state index is 0.0384. The molecule has 1 saturated heterocycles. The van der Waals surface area contributed by atoms with Gasteiger partial charge < -0.3 is 10.2 Å². The van der Waals surface area contributed by atoms with Crippen LogP contribution < -0.4 is 10.2 Å². The maximum absolute atomic E-state index is 12.7. The molecule has 1 atom stereocenters. The van der Waals surface area contributed by atoms with Gasteiger partial charge in [-0.3, -0.25) is 9.36 Å². The van der Waals surface area contributed by atoms with Gasteiger partial charge in [0.05, 0.1) is 5.92 Å². The predicted octanol–water partition coefficient (Wildman–Crippen LogP) is 3.75. The van der Waals surface area contributed by atoms with E-state index in [1.54, 1.807) is 11.3 Å². The molecule has 1 aromatic carbocycles. The van der Waals surface area contributed by atoms with E-state index >= 15 is 0 Å². The first kappa shape index (κ1) is 17.7. The summed E-state index contributed by atoms with van der Waals surface area (Å²) in [5.74, 6) is 0.0441. The molecule has 0 spiro atoms. The first-order valence-electron chi connectivity index (χ1n) is 9.34. The number of nitrogens with one attached hydrogen (secondary N) is 1. The van der Waals surface area contributed by atoms with Crippen LogP contribution in [0.2, 0.25) is 0 Å². The van der Waals surface area contributed by atoms with Crippen LogP contribution in [0.3, 0.4) is 0 Å². The highest BCUT2D eigenvalue weighted by molar-refractivity contribution is 7.17. The maximum Gasteiger partial charge on any atom is 0.229 e. The van der Waals surface area contributed by atoms with Crippen LogP contribution in [0.25, 0.3) is 5.13 Å². The van der Waals surface area contributed by atoms with Crippen LogP contribution in [0, 0.1) is 5.92 Å². The molecule has 0 saturated carbocycles. The van der Waals surface area contributed by atoms with Crippen LogP contribution in [0.4, 0.5) is 10.8 Å². The van der Waals surface area contributed by atoms with E-state index in [0.717, 1.165) is 41.8 Å². The summed E-state index contributed by atoms with van der Waals surface area (Å²) in [6.07, 6.45) is 6.80. The maximum atomic E-state index is 12.7. The lowest BCUT2D eigenvalue weighted by Crippen LogP contribution is -2.40. The van der Waals surface area contributed by atoms with Crippen molar-refractivity contribution in [2.75, 3.05) is 23.3 Å². The van der Waals surface area contributed by atoms with Crippen molar-refractivity contribution in [3.63, 3.8) is 0 Å². The van der Waals surface area contributed by atoms with Crippen molar-refractivity contribution in [1.29, 1.82) is 0 Å². The lowest BCUT2D eigenvalue weighted by Gasteiger charge is -2.31. The van der Waals surface area contributed by atoms with E-state index < -0.39 is 0 Å². The van der Waals surface area contributed by atoms with Gasteiger partial charge in [-0.1, -0.05) is 30.4 Å². The van der Waals surface area contributed by atoms with Gasteiger partial charge in [0.2, 0.25) is 16.2 Å². The molecule has 1 N–H and O–H groups in total. The summed E-state index contributed by atoms with van der Waals surface area (Å²) in [6, 6.07) is 12.0. The molecule has 4 rings (SSSR count). The number of nitrogens with zero attached hydrogens (tertiary/aromatic N) is 4. The molecule has 1 aliphatic heterocycles. The number of hydrogen-bond acceptors (Lipinski definition) is 5. The fourth-order valence-corrected chi connectivity index (χ4v) is 4.18. The van der Waals surface area contributed by atoms with E-state index in [9.17, 15) is 4.79 Å². The summed E-state index contributed by atoms with van der Waals surface area (Å²) in [7, 11) is 0. The molecular weight excluding hydrogens is 358 g/mol. The molecule has 0 radical (unpaired) electrons. The van der Waals surface area contributed by atoms with Gasteiger partial charge in [-0.05, 0) is 49.1 Å². The second-order valence-electron chi connectivity index (χ2n) is 6.78. The minimum atomic E-state index is -0.0384. The van der Waals surface area contributed by atoms with Crippen molar-refractivity contribution in [3.8, 4) is 5.13 Å². The SMILES string of the molecule is CCc1ccc(NC(=O)[C@H]2CCCN(c3nnc(-n4cccc4)s3)C2)cc1. The number of rotatable bonds is 5. The van der Waals surface area contributed by atoms with Crippen molar-refractivity contribution in [2.45, 2.75) is 26.2 Å². The van der Waals surface area contributed by atoms with E-state index in [1.165, 1.54) is 5.56 Å². The fourth-order valence-electron chi connectivity index (χ4n) is 3.34. The normalized spacial score (nSPS) is 17.1. The van der Waals surface area contributed by atoms with E-state index in [2.05, 4.69) is 39.5 Å². The first-order chi connectivity index (χ1) is 13.2. The molecule has 2 aromatic heterocycles. The van der Waals surface area contributed by atoms with Gasteiger partial charge in [-0.2, -0.15) is 0 Å². The lowest BCUT2D eigenvalue weighted by molar-refractivity contribution is -0.120. The monoisotopic (exact) mass is 381 g/mol. The van der Waals surface area contributed by atoms with Gasteiger partial charge in [-0.25, -0.2) is 0 Å². The Hall–Kier alpha value is -2.67. The Balaban J connectivity index is 1.40. The van der Waals surface area contributed by atoms with Crippen molar-refractivity contribution >= 4 is 28.1 Å². The van der Waals surface area contributed by atoms with Crippen LogP contribution in [-0.2, 0) is 11.2 Å². The molecule has 0 aliphatic carbocycles. The molecule has 27 heavy (non-hydrogen) atoms. The Labute approximate surface area is 162 Å². The number of anilines is 2. The highest BCUT2D eigenvalue weighted by atomic mass is 32.1. The quantitative estimate of drug-likeness (QED) is 0.731. The van der Waals surface area contributed by atoms with Crippen LogP contribution in [0.1, 0.15) is 25.3 Å². The van der Waals surface area contributed by atoms with Crippen LogP contribution >= 0.6 is 11.3 Å². The molecule has 140 valence electrons. The lowest BCUT2D eigenvalue weighted by atomic mass is 9.97. The van der Waals surface area contributed by atoms with Gasteiger partial charge in [0, 0.05) is 31.2 Å². The van der Waals surface area contributed by atoms with E-state index in [1.807, 2.05) is 41.2 Å². The molecule has 6 nitrogen and oxygen atoms in total. The third-order valence-corrected chi connectivity index (χ3v) is 5.92. The van der Waals surface area contributed by atoms with Gasteiger partial charge in [0.1, 0.15) is 0 Å². The molecule has 1 fully saturated rings. The smallest absolute Gasteiger partial charge is 0.229 e. The van der Waals surface area contributed by atoms with Crippen molar-refractivity contribution in [3.05, 3.63) is 54.4 Å². The highest BCUT2D eigenvalue weighted by Gasteiger charge is 2.27. The van der Waals surface area contributed by atoms with Gasteiger partial charge in [0.25, 0.3) is 0 Å². The average molecular weight is 382 g/mol. The molecule has 1 aliphatic rings. The van der Waals surface area contributed by atoms with E-state index in [0.29, 0.717) is 6.54 Å². The largest absolute Gasteiger partial charge is 0.346 e. The van der Waals surface area contributed by atoms with Crippen molar-refractivity contribution in [1.82, 2.24) is 14.8 Å². The molecular formula is C20H23N5OS. The number of piperidine rings is 1. The molecule has 0 unspecified atom stereocenters. The summed E-state index contributed by atoms with van der Waals surface area (Å²) in [6.45, 7) is 3.72. The third kappa shape index (κ3) is 4.03. The zero-order valence-corrected chi connectivity index (χ0v) is 16.2. The number of aromatic nitrogens is 3. The summed E-state index contributed by atoms with van der Waals surface area (Å²) in [5.41, 5.74) is 2.13. The Morgan fingerprint density at radius 3 is 2.67 bits per heavy atom. The van der Waals surface area contributed by atoms with Crippen molar-refractivity contribution in [2.24, 2.45) is 5.92 Å². The van der Waals surface area contributed by atoms with E-state index in [4.69, 9.17) is 0 Å². The summed E-state index contributed by atoms with van der Waals surface area (Å²) in [5, 5.41) is 13.4. The van der Waals surface area contributed by atoms with Crippen LogP contribution in [-0.4, -0.2) is 33.8 Å². The number of aryl methyl sites for hydroxylation is 1. The average Bonchev–Trinajstić information content (AvgIpc) is 3.40. The predicted molar refractivity (Wildman–Crippen MR) is 109 cm³/mol. The van der Waals surface area contributed by atoms with Crippen LogP contribution in [0.5, 0.6) is 0 Å². The molecule has 3 heterocycles. The number of carbonyl (C=O) groups excluding carboxylic acids is 1. The fraction of sp³-hybridized carbons (Fsp3) is 0.350. The van der Waals surface area contributed by atoms with Gasteiger partial charge >= 0.3 is 0 Å². The number of amides is 1. The Bertz CT molecular complexity index is 888. The van der Waals surface area contributed by atoms with Crippen molar-refractivity contribution < 1.29 is 4.79 Å². The Morgan fingerprint density at radius 2 is 1.93 bits per heavy atom. The Morgan fingerprint density at radius 1 is 1.19 bits per heavy atom. The van der Waals surface area contributed by atoms with E-state index in [-0.39, 0.29) is 11.8 Å². The second-order valence-corrected chi connectivity index (χ2v) is 7.72. The number of benzene rings is 1. The van der Waals surface area contributed by atoms with Crippen LogP contribution in [0.15, 0.2) is 48.8 Å².